The van der Waals surface area contributed by atoms with Crippen molar-refractivity contribution in [2.45, 2.75) is 6.92 Å². The van der Waals surface area contributed by atoms with Crippen LogP contribution in [0.1, 0.15) is 15.5 Å². The molecule has 0 atom stereocenters. The Morgan fingerprint density at radius 3 is 2.95 bits per heavy atom. The third-order valence-electron chi connectivity index (χ3n) is 2.94. The molecule has 0 aliphatic heterocycles. The van der Waals surface area contributed by atoms with Crippen LogP contribution in [0.4, 0.5) is 11.4 Å². The van der Waals surface area contributed by atoms with E-state index in [0.29, 0.717) is 17.1 Å². The molecule has 0 radical (unpaired) electrons. The van der Waals surface area contributed by atoms with Crippen LogP contribution in [-0.2, 0) is 7.05 Å². The van der Waals surface area contributed by atoms with Crippen LogP contribution in [0.3, 0.4) is 0 Å². The van der Waals surface area contributed by atoms with Crippen molar-refractivity contribution in [3.05, 3.63) is 35.1 Å². The number of carbonyl (C=O) groups is 1. The maximum atomic E-state index is 12.2. The van der Waals surface area contributed by atoms with Crippen LogP contribution < -0.4 is 11.1 Å². The van der Waals surface area contributed by atoms with Crippen molar-refractivity contribution >= 4 is 38.8 Å². The average molecular weight is 287 g/mol. The lowest BCUT2D eigenvalue weighted by molar-refractivity contribution is 0.101. The standard InChI is InChI=1S/C13H13N5OS/c1-7-16-10-4-3-8(5-11(10)20-7)17-13(19)12-9(14)6-15-18(12)2/h3-6H,14H2,1-2H3,(H,17,19). The molecule has 1 aromatic carbocycles. The number of amides is 1. The summed E-state index contributed by atoms with van der Waals surface area (Å²) >= 11 is 1.59. The first-order valence-electron chi connectivity index (χ1n) is 6.00. The smallest absolute Gasteiger partial charge is 0.276 e. The minimum absolute atomic E-state index is 0.275. The fraction of sp³-hybridized carbons (Fsp3) is 0.154. The lowest BCUT2D eigenvalue weighted by Crippen LogP contribution is -2.17. The molecule has 0 saturated heterocycles. The van der Waals surface area contributed by atoms with Gasteiger partial charge < -0.3 is 11.1 Å². The first-order valence-corrected chi connectivity index (χ1v) is 6.82. The van der Waals surface area contributed by atoms with Gasteiger partial charge in [-0.3, -0.25) is 9.48 Å². The number of rotatable bonds is 2. The van der Waals surface area contributed by atoms with Crippen molar-refractivity contribution in [2.75, 3.05) is 11.1 Å². The topological polar surface area (TPSA) is 85.8 Å². The normalized spacial score (nSPS) is 10.9. The Morgan fingerprint density at radius 2 is 2.25 bits per heavy atom. The highest BCUT2D eigenvalue weighted by Gasteiger charge is 2.15. The van der Waals surface area contributed by atoms with E-state index in [1.165, 1.54) is 10.9 Å². The van der Waals surface area contributed by atoms with E-state index in [9.17, 15) is 4.79 Å². The van der Waals surface area contributed by atoms with E-state index in [0.717, 1.165) is 15.2 Å². The molecule has 0 unspecified atom stereocenters. The Balaban J connectivity index is 1.91. The molecule has 6 nitrogen and oxygen atoms in total. The first kappa shape index (κ1) is 12.6. The zero-order chi connectivity index (χ0) is 14.3. The Hall–Kier alpha value is -2.41. The maximum Gasteiger partial charge on any atom is 0.276 e. The molecule has 0 bridgehead atoms. The molecule has 0 fully saturated rings. The molecule has 0 aliphatic carbocycles. The van der Waals surface area contributed by atoms with Crippen LogP contribution in [-0.4, -0.2) is 20.7 Å². The zero-order valence-electron chi connectivity index (χ0n) is 11.0. The number of nitrogen functional groups attached to an aromatic ring is 1. The van der Waals surface area contributed by atoms with E-state index in [-0.39, 0.29) is 5.91 Å². The average Bonchev–Trinajstić information content (AvgIpc) is 2.91. The van der Waals surface area contributed by atoms with Gasteiger partial charge in [-0.1, -0.05) is 0 Å². The second-order valence-electron chi connectivity index (χ2n) is 4.44. The summed E-state index contributed by atoms with van der Waals surface area (Å²) in [4.78, 5) is 16.6. The third kappa shape index (κ3) is 2.12. The second kappa shape index (κ2) is 4.61. The Morgan fingerprint density at radius 1 is 1.45 bits per heavy atom. The summed E-state index contributed by atoms with van der Waals surface area (Å²) in [5.41, 5.74) is 8.10. The summed E-state index contributed by atoms with van der Waals surface area (Å²) in [6.07, 6.45) is 1.46. The quantitative estimate of drug-likeness (QED) is 0.756. The molecule has 1 amide bonds. The van der Waals surface area contributed by atoms with Crippen molar-refractivity contribution in [1.82, 2.24) is 14.8 Å². The third-order valence-corrected chi connectivity index (χ3v) is 3.87. The van der Waals surface area contributed by atoms with Gasteiger partial charge in [0.1, 0.15) is 5.69 Å². The van der Waals surface area contributed by atoms with Crippen molar-refractivity contribution in [3.8, 4) is 0 Å². The Kier molecular flexibility index (Phi) is 2.90. The highest BCUT2D eigenvalue weighted by Crippen LogP contribution is 2.25. The van der Waals surface area contributed by atoms with E-state index in [4.69, 9.17) is 5.73 Å². The van der Waals surface area contributed by atoms with Gasteiger partial charge in [0.15, 0.2) is 0 Å². The lowest BCUT2D eigenvalue weighted by atomic mass is 10.2. The molecule has 0 aliphatic rings. The summed E-state index contributed by atoms with van der Waals surface area (Å²) in [6, 6.07) is 5.62. The lowest BCUT2D eigenvalue weighted by Gasteiger charge is -2.06. The SMILES string of the molecule is Cc1nc2ccc(NC(=O)c3c(N)cnn3C)cc2s1. The predicted octanol–water partition coefficient (Wildman–Crippen LogP) is 2.17. The van der Waals surface area contributed by atoms with Gasteiger partial charge in [-0.25, -0.2) is 4.98 Å². The van der Waals surface area contributed by atoms with Gasteiger partial charge in [0, 0.05) is 12.7 Å². The number of aromatic nitrogens is 3. The van der Waals surface area contributed by atoms with Crippen molar-refractivity contribution < 1.29 is 4.79 Å². The number of fused-ring (bicyclic) bond motifs is 1. The molecule has 3 N–H and O–H groups in total. The van der Waals surface area contributed by atoms with Crippen LogP contribution in [0.2, 0.25) is 0 Å². The van der Waals surface area contributed by atoms with E-state index < -0.39 is 0 Å². The largest absolute Gasteiger partial charge is 0.396 e. The molecule has 7 heteroatoms. The van der Waals surface area contributed by atoms with Gasteiger partial charge in [0.05, 0.1) is 27.1 Å². The predicted molar refractivity (Wildman–Crippen MR) is 79.9 cm³/mol. The molecular weight excluding hydrogens is 274 g/mol. The number of benzene rings is 1. The molecule has 102 valence electrons. The molecule has 0 spiro atoms. The van der Waals surface area contributed by atoms with Crippen LogP contribution in [0, 0.1) is 6.92 Å². The highest BCUT2D eigenvalue weighted by atomic mass is 32.1. The fourth-order valence-corrected chi connectivity index (χ4v) is 2.91. The van der Waals surface area contributed by atoms with Gasteiger partial charge in [-0.05, 0) is 25.1 Å². The molecule has 3 rings (SSSR count). The number of hydrogen-bond donors (Lipinski definition) is 2. The number of aryl methyl sites for hydroxylation is 2. The van der Waals surface area contributed by atoms with Gasteiger partial charge in [-0.2, -0.15) is 5.10 Å². The summed E-state index contributed by atoms with van der Waals surface area (Å²) < 4.78 is 2.50. The number of nitrogens with two attached hydrogens (primary N) is 1. The molecular formula is C13H13N5OS. The van der Waals surface area contributed by atoms with Crippen LogP contribution in [0.15, 0.2) is 24.4 Å². The van der Waals surface area contributed by atoms with Crippen molar-refractivity contribution in [2.24, 2.45) is 7.05 Å². The van der Waals surface area contributed by atoms with Gasteiger partial charge in [-0.15, -0.1) is 11.3 Å². The van der Waals surface area contributed by atoms with Gasteiger partial charge in [0.2, 0.25) is 0 Å². The molecule has 2 heterocycles. The van der Waals surface area contributed by atoms with E-state index in [2.05, 4.69) is 15.4 Å². The minimum Gasteiger partial charge on any atom is -0.396 e. The number of thiazole rings is 1. The molecule has 20 heavy (non-hydrogen) atoms. The summed E-state index contributed by atoms with van der Waals surface area (Å²) in [5.74, 6) is -0.275. The minimum atomic E-state index is -0.275. The van der Waals surface area contributed by atoms with Gasteiger partial charge >= 0.3 is 0 Å². The Bertz CT molecular complexity index is 785. The van der Waals surface area contributed by atoms with Crippen LogP contribution in [0.25, 0.3) is 10.2 Å². The van der Waals surface area contributed by atoms with Crippen LogP contribution >= 0.6 is 11.3 Å². The number of anilines is 2. The van der Waals surface area contributed by atoms with Crippen molar-refractivity contribution in [1.29, 1.82) is 0 Å². The molecule has 0 saturated carbocycles. The van der Waals surface area contributed by atoms with E-state index >= 15 is 0 Å². The number of nitrogens with zero attached hydrogens (tertiary/aromatic N) is 3. The Labute approximate surface area is 119 Å². The van der Waals surface area contributed by atoms with Gasteiger partial charge in [0.25, 0.3) is 5.91 Å². The van der Waals surface area contributed by atoms with Crippen LogP contribution in [0.5, 0.6) is 0 Å². The first-order chi connectivity index (χ1) is 9.54. The second-order valence-corrected chi connectivity index (χ2v) is 5.68. The number of nitrogens with one attached hydrogen (secondary N) is 1. The summed E-state index contributed by atoms with van der Waals surface area (Å²) in [7, 11) is 1.68. The monoisotopic (exact) mass is 287 g/mol. The number of carbonyl (C=O) groups excluding carboxylic acids is 1. The highest BCUT2D eigenvalue weighted by molar-refractivity contribution is 7.18. The zero-order valence-corrected chi connectivity index (χ0v) is 11.9. The van der Waals surface area contributed by atoms with E-state index in [1.807, 2.05) is 25.1 Å². The summed E-state index contributed by atoms with van der Waals surface area (Å²) in [5, 5.41) is 7.78. The fourth-order valence-electron chi connectivity index (χ4n) is 2.04. The molecule has 3 aromatic rings. The van der Waals surface area contributed by atoms with Crippen molar-refractivity contribution in [3.63, 3.8) is 0 Å². The van der Waals surface area contributed by atoms with E-state index in [1.54, 1.807) is 18.4 Å². The number of hydrogen-bond acceptors (Lipinski definition) is 5. The molecule has 2 aromatic heterocycles. The maximum absolute atomic E-state index is 12.2. The summed E-state index contributed by atoms with van der Waals surface area (Å²) in [6.45, 7) is 1.96.